The zero-order valence-electron chi connectivity index (χ0n) is 13.2. The molecule has 0 saturated carbocycles. The highest BCUT2D eigenvalue weighted by Gasteiger charge is 2.14. The summed E-state index contributed by atoms with van der Waals surface area (Å²) in [5.41, 5.74) is 2.85. The van der Waals surface area contributed by atoms with Gasteiger partial charge in [-0.05, 0) is 43.7 Å². The molecule has 1 heteroatoms. The maximum atomic E-state index is 3.60. The van der Waals surface area contributed by atoms with Gasteiger partial charge >= 0.3 is 0 Å². The van der Waals surface area contributed by atoms with Crippen LogP contribution in [0.1, 0.15) is 63.5 Å². The summed E-state index contributed by atoms with van der Waals surface area (Å²) in [6, 6.07) is 9.11. The van der Waals surface area contributed by atoms with E-state index < -0.39 is 0 Å². The molecule has 0 aliphatic heterocycles. The molecular weight excluding hydrogens is 230 g/mol. The van der Waals surface area contributed by atoms with Gasteiger partial charge in [-0.25, -0.2) is 0 Å². The highest BCUT2D eigenvalue weighted by atomic mass is 14.8. The highest BCUT2D eigenvalue weighted by Crippen LogP contribution is 2.26. The molecule has 1 N–H and O–H groups in total. The first-order valence-corrected chi connectivity index (χ1v) is 7.94. The second-order valence-electron chi connectivity index (χ2n) is 5.94. The van der Waals surface area contributed by atoms with Crippen LogP contribution in [0.3, 0.4) is 0 Å². The molecule has 2 atom stereocenters. The van der Waals surface area contributed by atoms with Gasteiger partial charge in [-0.3, -0.25) is 0 Å². The highest BCUT2D eigenvalue weighted by molar-refractivity contribution is 5.24. The summed E-state index contributed by atoms with van der Waals surface area (Å²) in [6.07, 6.45) is 5.15. The molecule has 1 aromatic carbocycles. The minimum Gasteiger partial charge on any atom is -0.316 e. The topological polar surface area (TPSA) is 12.0 Å². The van der Waals surface area contributed by atoms with Crippen molar-refractivity contribution < 1.29 is 0 Å². The SMILES string of the molecule is CCCNCC(CC(C)CCC)c1ccc(C)cc1. The molecule has 0 radical (unpaired) electrons. The van der Waals surface area contributed by atoms with Crippen LogP contribution < -0.4 is 5.32 Å². The van der Waals surface area contributed by atoms with Gasteiger partial charge in [0.25, 0.3) is 0 Å². The molecule has 1 rings (SSSR count). The molecule has 0 aliphatic rings. The third-order valence-corrected chi connectivity index (χ3v) is 3.83. The Hall–Kier alpha value is -0.820. The fourth-order valence-electron chi connectivity index (χ4n) is 2.73. The normalized spacial score (nSPS) is 14.3. The first kappa shape index (κ1) is 16.2. The van der Waals surface area contributed by atoms with Gasteiger partial charge in [0.15, 0.2) is 0 Å². The average molecular weight is 261 g/mol. The van der Waals surface area contributed by atoms with Crippen LogP contribution in [0.25, 0.3) is 0 Å². The van der Waals surface area contributed by atoms with E-state index in [1.807, 2.05) is 0 Å². The monoisotopic (exact) mass is 261 g/mol. The van der Waals surface area contributed by atoms with Crippen molar-refractivity contribution in [1.82, 2.24) is 5.32 Å². The molecule has 0 aliphatic carbocycles. The lowest BCUT2D eigenvalue weighted by Crippen LogP contribution is -2.23. The molecule has 108 valence electrons. The summed E-state index contributed by atoms with van der Waals surface area (Å²) < 4.78 is 0. The lowest BCUT2D eigenvalue weighted by molar-refractivity contribution is 0.420. The van der Waals surface area contributed by atoms with Crippen LogP contribution in [-0.4, -0.2) is 13.1 Å². The fourth-order valence-corrected chi connectivity index (χ4v) is 2.73. The Labute approximate surface area is 119 Å². The van der Waals surface area contributed by atoms with Crippen LogP contribution in [0, 0.1) is 12.8 Å². The summed E-state index contributed by atoms with van der Waals surface area (Å²) >= 11 is 0. The second kappa shape index (κ2) is 9.14. The van der Waals surface area contributed by atoms with Crippen LogP contribution in [0.15, 0.2) is 24.3 Å². The maximum Gasteiger partial charge on any atom is 0.00202 e. The Morgan fingerprint density at radius 2 is 1.74 bits per heavy atom. The van der Waals surface area contributed by atoms with Gasteiger partial charge in [0, 0.05) is 6.54 Å². The molecular formula is C18H31N. The van der Waals surface area contributed by atoms with E-state index in [-0.39, 0.29) is 0 Å². The zero-order chi connectivity index (χ0) is 14.1. The van der Waals surface area contributed by atoms with Crippen molar-refractivity contribution in [3.8, 4) is 0 Å². The van der Waals surface area contributed by atoms with Crippen molar-refractivity contribution in [3.63, 3.8) is 0 Å². The Bertz CT molecular complexity index is 328. The minimum absolute atomic E-state index is 0.661. The van der Waals surface area contributed by atoms with Crippen molar-refractivity contribution in [2.75, 3.05) is 13.1 Å². The van der Waals surface area contributed by atoms with Crippen LogP contribution in [0.5, 0.6) is 0 Å². The summed E-state index contributed by atoms with van der Waals surface area (Å²) in [7, 11) is 0. The smallest absolute Gasteiger partial charge is 0.00202 e. The number of rotatable bonds is 9. The number of hydrogen-bond acceptors (Lipinski definition) is 1. The van der Waals surface area contributed by atoms with Crippen molar-refractivity contribution >= 4 is 0 Å². The summed E-state index contributed by atoms with van der Waals surface area (Å²) in [5, 5.41) is 3.60. The van der Waals surface area contributed by atoms with Gasteiger partial charge in [0.1, 0.15) is 0 Å². The van der Waals surface area contributed by atoms with E-state index in [2.05, 4.69) is 57.3 Å². The third-order valence-electron chi connectivity index (χ3n) is 3.83. The standard InChI is InChI=1S/C18H31N/c1-5-7-16(4)13-18(14-19-12-6-2)17-10-8-15(3)9-11-17/h8-11,16,18-19H,5-7,12-14H2,1-4H3. The Morgan fingerprint density at radius 1 is 1.05 bits per heavy atom. The molecule has 0 fully saturated rings. The lowest BCUT2D eigenvalue weighted by atomic mass is 9.87. The molecule has 0 aromatic heterocycles. The zero-order valence-corrected chi connectivity index (χ0v) is 13.2. The molecule has 0 saturated heterocycles. The second-order valence-corrected chi connectivity index (χ2v) is 5.94. The van der Waals surface area contributed by atoms with Gasteiger partial charge in [0.05, 0.1) is 0 Å². The van der Waals surface area contributed by atoms with Gasteiger partial charge in [-0.15, -0.1) is 0 Å². The van der Waals surface area contributed by atoms with E-state index in [9.17, 15) is 0 Å². The first-order valence-electron chi connectivity index (χ1n) is 7.94. The number of hydrogen-bond donors (Lipinski definition) is 1. The molecule has 0 spiro atoms. The molecule has 1 aromatic rings. The Kier molecular flexibility index (Phi) is 7.81. The molecule has 1 nitrogen and oxygen atoms in total. The van der Waals surface area contributed by atoms with Gasteiger partial charge < -0.3 is 5.32 Å². The van der Waals surface area contributed by atoms with Gasteiger partial charge in [0.2, 0.25) is 0 Å². The Balaban J connectivity index is 2.64. The number of nitrogens with one attached hydrogen (secondary N) is 1. The van der Waals surface area contributed by atoms with E-state index >= 15 is 0 Å². The van der Waals surface area contributed by atoms with E-state index in [0.29, 0.717) is 5.92 Å². The fraction of sp³-hybridized carbons (Fsp3) is 0.667. The van der Waals surface area contributed by atoms with Crippen molar-refractivity contribution in [2.24, 2.45) is 5.92 Å². The largest absolute Gasteiger partial charge is 0.316 e. The van der Waals surface area contributed by atoms with Crippen molar-refractivity contribution in [3.05, 3.63) is 35.4 Å². The van der Waals surface area contributed by atoms with E-state index in [1.165, 1.54) is 36.8 Å². The van der Waals surface area contributed by atoms with Crippen LogP contribution in [0.4, 0.5) is 0 Å². The van der Waals surface area contributed by atoms with E-state index in [0.717, 1.165) is 19.0 Å². The molecule has 19 heavy (non-hydrogen) atoms. The number of benzene rings is 1. The molecule has 0 bridgehead atoms. The third kappa shape index (κ3) is 6.24. The molecule has 0 amide bonds. The van der Waals surface area contributed by atoms with Crippen LogP contribution in [0.2, 0.25) is 0 Å². The quantitative estimate of drug-likeness (QED) is 0.623. The molecule has 0 heterocycles. The summed E-state index contributed by atoms with van der Waals surface area (Å²) in [6.45, 7) is 11.3. The van der Waals surface area contributed by atoms with E-state index in [4.69, 9.17) is 0 Å². The van der Waals surface area contributed by atoms with Gasteiger partial charge in [-0.2, -0.15) is 0 Å². The first-order chi connectivity index (χ1) is 9.17. The predicted octanol–water partition coefficient (Wildman–Crippen LogP) is 4.90. The van der Waals surface area contributed by atoms with E-state index in [1.54, 1.807) is 0 Å². The van der Waals surface area contributed by atoms with Crippen LogP contribution in [-0.2, 0) is 0 Å². The summed E-state index contributed by atoms with van der Waals surface area (Å²) in [5.74, 6) is 1.48. The number of aryl methyl sites for hydroxylation is 1. The predicted molar refractivity (Wildman–Crippen MR) is 85.8 cm³/mol. The van der Waals surface area contributed by atoms with Gasteiger partial charge in [-0.1, -0.05) is 63.4 Å². The Morgan fingerprint density at radius 3 is 2.32 bits per heavy atom. The van der Waals surface area contributed by atoms with Crippen molar-refractivity contribution in [1.29, 1.82) is 0 Å². The minimum atomic E-state index is 0.661. The molecule has 2 unspecified atom stereocenters. The average Bonchev–Trinajstić information content (AvgIpc) is 2.39. The lowest BCUT2D eigenvalue weighted by Gasteiger charge is -2.22. The van der Waals surface area contributed by atoms with Crippen molar-refractivity contribution in [2.45, 2.75) is 59.3 Å². The van der Waals surface area contributed by atoms with Crippen LogP contribution >= 0.6 is 0 Å². The maximum absolute atomic E-state index is 3.60. The summed E-state index contributed by atoms with van der Waals surface area (Å²) in [4.78, 5) is 0.